The lowest BCUT2D eigenvalue weighted by molar-refractivity contribution is 0.0763. The number of aromatic nitrogens is 3. The molecule has 1 aromatic rings. The molecular formula is C10H16N6. The number of hydrogen-bond donors (Lipinski definition) is 2. The monoisotopic (exact) mass is 220 g/mol. The van der Waals surface area contributed by atoms with Gasteiger partial charge in [-0.3, -0.25) is 0 Å². The van der Waals surface area contributed by atoms with Crippen LogP contribution in [0.3, 0.4) is 0 Å². The van der Waals surface area contributed by atoms with E-state index in [-0.39, 0.29) is 17.3 Å². The van der Waals surface area contributed by atoms with Gasteiger partial charge in [0.1, 0.15) is 5.82 Å². The predicted octanol–water partition coefficient (Wildman–Crippen LogP) is -0.227. The van der Waals surface area contributed by atoms with E-state index in [1.54, 1.807) is 0 Å². The van der Waals surface area contributed by atoms with Crippen molar-refractivity contribution in [2.45, 2.75) is 24.7 Å². The van der Waals surface area contributed by atoms with E-state index in [4.69, 9.17) is 11.5 Å². The summed E-state index contributed by atoms with van der Waals surface area (Å²) in [5.41, 5.74) is 11.4. The van der Waals surface area contributed by atoms with Gasteiger partial charge >= 0.3 is 0 Å². The summed E-state index contributed by atoms with van der Waals surface area (Å²) in [6, 6.07) is 0. The molecule has 3 aliphatic heterocycles. The standard InChI is InChI=1S/C10H16N6/c11-8-13-7(14-9(12)15-8)10-1-4-16(5-2-10)6-3-10/h1-6H2,(H4,11,12,13,14,15). The molecular weight excluding hydrogens is 204 g/mol. The average molecular weight is 220 g/mol. The molecule has 0 saturated carbocycles. The topological polar surface area (TPSA) is 93.9 Å². The molecule has 3 saturated heterocycles. The number of nitrogen functional groups attached to an aromatic ring is 2. The first kappa shape index (κ1) is 9.77. The maximum atomic E-state index is 5.64. The Morgan fingerprint density at radius 3 is 1.88 bits per heavy atom. The van der Waals surface area contributed by atoms with Crippen molar-refractivity contribution in [3.8, 4) is 0 Å². The molecule has 3 fully saturated rings. The number of nitrogens with two attached hydrogens (primary N) is 2. The van der Waals surface area contributed by atoms with Crippen molar-refractivity contribution in [3.05, 3.63) is 5.82 Å². The zero-order valence-corrected chi connectivity index (χ0v) is 9.19. The molecule has 3 aliphatic rings. The molecule has 6 heteroatoms. The van der Waals surface area contributed by atoms with Gasteiger partial charge in [0.05, 0.1) is 0 Å². The van der Waals surface area contributed by atoms with Crippen LogP contribution in [0.15, 0.2) is 0 Å². The van der Waals surface area contributed by atoms with E-state index in [1.165, 1.54) is 0 Å². The maximum Gasteiger partial charge on any atom is 0.225 e. The van der Waals surface area contributed by atoms with E-state index in [9.17, 15) is 0 Å². The molecule has 2 bridgehead atoms. The minimum atomic E-state index is 0.0972. The first-order valence-corrected chi connectivity index (χ1v) is 5.68. The number of hydrogen-bond acceptors (Lipinski definition) is 6. The minimum absolute atomic E-state index is 0.0972. The van der Waals surface area contributed by atoms with E-state index < -0.39 is 0 Å². The zero-order chi connectivity index (χ0) is 11.2. The minimum Gasteiger partial charge on any atom is -0.368 e. The molecule has 16 heavy (non-hydrogen) atoms. The zero-order valence-electron chi connectivity index (χ0n) is 9.19. The highest BCUT2D eigenvalue weighted by molar-refractivity contribution is 5.29. The summed E-state index contributed by atoms with van der Waals surface area (Å²) in [6.45, 7) is 3.39. The molecule has 0 unspecified atom stereocenters. The van der Waals surface area contributed by atoms with E-state index in [2.05, 4.69) is 19.9 Å². The number of piperidine rings is 3. The summed E-state index contributed by atoms with van der Waals surface area (Å²) in [5.74, 6) is 1.28. The highest BCUT2D eigenvalue weighted by Crippen LogP contribution is 2.41. The van der Waals surface area contributed by atoms with Gasteiger partial charge in [-0.25, -0.2) is 0 Å². The molecule has 0 spiro atoms. The Kier molecular flexibility index (Phi) is 2.00. The fraction of sp³-hybridized carbons (Fsp3) is 0.700. The summed E-state index contributed by atoms with van der Waals surface area (Å²) >= 11 is 0. The molecule has 6 nitrogen and oxygen atoms in total. The van der Waals surface area contributed by atoms with Crippen LogP contribution in [0.2, 0.25) is 0 Å². The quantitative estimate of drug-likeness (QED) is 0.679. The van der Waals surface area contributed by atoms with Gasteiger partial charge in [0, 0.05) is 5.41 Å². The van der Waals surface area contributed by atoms with Crippen LogP contribution in [0, 0.1) is 0 Å². The van der Waals surface area contributed by atoms with Gasteiger partial charge in [-0.2, -0.15) is 15.0 Å². The molecule has 0 radical (unpaired) electrons. The molecule has 4 rings (SSSR count). The maximum absolute atomic E-state index is 5.64. The lowest BCUT2D eigenvalue weighted by Crippen LogP contribution is -2.51. The Hall–Kier alpha value is -1.43. The molecule has 0 aromatic carbocycles. The van der Waals surface area contributed by atoms with E-state index >= 15 is 0 Å². The van der Waals surface area contributed by atoms with Crippen molar-refractivity contribution in [1.29, 1.82) is 0 Å². The Balaban J connectivity index is 2.01. The van der Waals surface area contributed by atoms with Crippen molar-refractivity contribution in [2.75, 3.05) is 31.1 Å². The number of anilines is 2. The third kappa shape index (κ3) is 1.41. The molecule has 0 atom stereocenters. The summed E-state index contributed by atoms with van der Waals surface area (Å²) in [5, 5.41) is 0. The van der Waals surface area contributed by atoms with Crippen LogP contribution in [-0.2, 0) is 5.41 Å². The van der Waals surface area contributed by atoms with Crippen molar-refractivity contribution in [1.82, 2.24) is 19.9 Å². The van der Waals surface area contributed by atoms with Crippen molar-refractivity contribution < 1.29 is 0 Å². The van der Waals surface area contributed by atoms with Crippen LogP contribution in [0.5, 0.6) is 0 Å². The Morgan fingerprint density at radius 1 is 0.875 bits per heavy atom. The van der Waals surface area contributed by atoms with Crippen molar-refractivity contribution in [3.63, 3.8) is 0 Å². The Labute approximate surface area is 94.1 Å². The van der Waals surface area contributed by atoms with Gasteiger partial charge in [0.15, 0.2) is 0 Å². The van der Waals surface area contributed by atoms with E-state index in [0.717, 1.165) is 44.7 Å². The van der Waals surface area contributed by atoms with E-state index in [0.29, 0.717) is 0 Å². The van der Waals surface area contributed by atoms with Crippen LogP contribution in [0.25, 0.3) is 0 Å². The van der Waals surface area contributed by atoms with Crippen molar-refractivity contribution >= 4 is 11.9 Å². The number of nitrogens with zero attached hydrogens (tertiary/aromatic N) is 4. The van der Waals surface area contributed by atoms with Crippen LogP contribution < -0.4 is 11.5 Å². The first-order chi connectivity index (χ1) is 7.68. The molecule has 86 valence electrons. The fourth-order valence-electron chi connectivity index (χ4n) is 2.81. The largest absolute Gasteiger partial charge is 0.368 e. The van der Waals surface area contributed by atoms with Gasteiger partial charge in [-0.05, 0) is 38.9 Å². The summed E-state index contributed by atoms with van der Waals surface area (Å²) in [7, 11) is 0. The number of rotatable bonds is 1. The predicted molar refractivity (Wildman–Crippen MR) is 60.6 cm³/mol. The second-order valence-electron chi connectivity index (χ2n) is 4.75. The van der Waals surface area contributed by atoms with Gasteiger partial charge in [-0.15, -0.1) is 0 Å². The normalized spacial score (nSPS) is 32.9. The SMILES string of the molecule is Nc1nc(N)nc(C23CCN(CC2)CC3)n1. The van der Waals surface area contributed by atoms with Gasteiger partial charge in [0.25, 0.3) is 0 Å². The fourth-order valence-corrected chi connectivity index (χ4v) is 2.81. The highest BCUT2D eigenvalue weighted by Gasteiger charge is 2.43. The second-order valence-corrected chi connectivity index (χ2v) is 4.75. The highest BCUT2D eigenvalue weighted by atomic mass is 15.2. The van der Waals surface area contributed by atoms with Crippen LogP contribution in [-0.4, -0.2) is 39.5 Å². The molecule has 0 aliphatic carbocycles. The second kappa shape index (κ2) is 3.28. The average Bonchev–Trinajstić information content (AvgIpc) is 2.30. The number of fused-ring (bicyclic) bond motifs is 3. The smallest absolute Gasteiger partial charge is 0.225 e. The van der Waals surface area contributed by atoms with Crippen LogP contribution in [0.1, 0.15) is 25.1 Å². The lowest BCUT2D eigenvalue weighted by Gasteiger charge is -2.47. The van der Waals surface area contributed by atoms with Gasteiger partial charge in [0.2, 0.25) is 11.9 Å². The summed E-state index contributed by atoms with van der Waals surface area (Å²) in [6.07, 6.45) is 3.32. The summed E-state index contributed by atoms with van der Waals surface area (Å²) in [4.78, 5) is 14.9. The van der Waals surface area contributed by atoms with Crippen molar-refractivity contribution in [2.24, 2.45) is 0 Å². The van der Waals surface area contributed by atoms with Gasteiger partial charge < -0.3 is 16.4 Å². The molecule has 0 amide bonds. The first-order valence-electron chi connectivity index (χ1n) is 5.68. The third-order valence-corrected chi connectivity index (χ3v) is 3.86. The molecule has 4 N–H and O–H groups in total. The lowest BCUT2D eigenvalue weighted by atomic mass is 9.71. The Bertz CT molecular complexity index is 376. The van der Waals surface area contributed by atoms with Gasteiger partial charge in [-0.1, -0.05) is 0 Å². The third-order valence-electron chi connectivity index (χ3n) is 3.86. The van der Waals surface area contributed by atoms with Crippen LogP contribution in [0.4, 0.5) is 11.9 Å². The summed E-state index contributed by atoms with van der Waals surface area (Å²) < 4.78 is 0. The van der Waals surface area contributed by atoms with E-state index in [1.807, 2.05) is 0 Å². The molecule has 1 aromatic heterocycles. The Morgan fingerprint density at radius 2 is 1.38 bits per heavy atom. The molecule has 4 heterocycles. The van der Waals surface area contributed by atoms with Crippen LogP contribution >= 0.6 is 0 Å².